The van der Waals surface area contributed by atoms with Gasteiger partial charge in [0.05, 0.1) is 13.7 Å². The van der Waals surface area contributed by atoms with Crippen LogP contribution < -0.4 is 0 Å². The number of hydrogen-bond acceptors (Lipinski definition) is 4. The van der Waals surface area contributed by atoms with Gasteiger partial charge >= 0.3 is 6.09 Å². The van der Waals surface area contributed by atoms with E-state index in [4.69, 9.17) is 9.57 Å². The lowest BCUT2D eigenvalue weighted by molar-refractivity contribution is -0.188. The lowest BCUT2D eigenvalue weighted by Crippen LogP contribution is -2.60. The molecule has 1 saturated heterocycles. The maximum atomic E-state index is 15.1. The summed E-state index contributed by atoms with van der Waals surface area (Å²) in [6, 6.07) is 0. The SMILES string of the molecule is CON(C)C(=O)C1(F)CN(C(=O)OC(C)(C)C)CCC1C. The number of halogens is 1. The maximum Gasteiger partial charge on any atom is 0.410 e. The molecule has 1 heterocycles. The normalized spacial score (nSPS) is 26.4. The van der Waals surface area contributed by atoms with Gasteiger partial charge in [-0.3, -0.25) is 9.63 Å². The second kappa shape index (κ2) is 6.17. The molecular formula is C14H25FN2O4. The van der Waals surface area contributed by atoms with Crippen molar-refractivity contribution in [3.8, 4) is 0 Å². The topological polar surface area (TPSA) is 59.1 Å². The Balaban J connectivity index is 2.87. The number of carbonyl (C=O) groups is 2. The fraction of sp³-hybridized carbons (Fsp3) is 0.857. The summed E-state index contributed by atoms with van der Waals surface area (Å²) in [6.45, 7) is 6.92. The Kier molecular flexibility index (Phi) is 5.20. The molecule has 0 N–H and O–H groups in total. The molecule has 0 saturated carbocycles. The van der Waals surface area contributed by atoms with Crippen molar-refractivity contribution < 1.29 is 23.6 Å². The van der Waals surface area contributed by atoms with Gasteiger partial charge in [0.25, 0.3) is 5.91 Å². The Morgan fingerprint density at radius 1 is 1.38 bits per heavy atom. The molecule has 21 heavy (non-hydrogen) atoms. The first-order valence-corrected chi connectivity index (χ1v) is 7.00. The third kappa shape index (κ3) is 4.06. The van der Waals surface area contributed by atoms with E-state index in [1.807, 2.05) is 0 Å². The molecule has 1 fully saturated rings. The Labute approximate surface area is 125 Å². The Morgan fingerprint density at radius 2 is 1.95 bits per heavy atom. The van der Waals surface area contributed by atoms with Crippen LogP contribution in [0.2, 0.25) is 0 Å². The summed E-state index contributed by atoms with van der Waals surface area (Å²) in [6.07, 6.45) is -0.219. The van der Waals surface area contributed by atoms with Gasteiger partial charge in [0.15, 0.2) is 0 Å². The van der Waals surface area contributed by atoms with E-state index in [0.29, 0.717) is 13.0 Å². The van der Waals surface area contributed by atoms with Crippen LogP contribution >= 0.6 is 0 Å². The minimum absolute atomic E-state index is 0.324. The number of nitrogens with zero attached hydrogens (tertiary/aromatic N) is 2. The van der Waals surface area contributed by atoms with E-state index in [9.17, 15) is 9.59 Å². The van der Waals surface area contributed by atoms with E-state index in [1.165, 1.54) is 19.1 Å². The van der Waals surface area contributed by atoms with Gasteiger partial charge < -0.3 is 9.64 Å². The van der Waals surface area contributed by atoms with Gasteiger partial charge in [-0.1, -0.05) is 6.92 Å². The molecule has 0 spiro atoms. The van der Waals surface area contributed by atoms with Crippen molar-refractivity contribution in [3.63, 3.8) is 0 Å². The molecule has 0 aliphatic carbocycles. The van der Waals surface area contributed by atoms with Crippen molar-refractivity contribution in [1.82, 2.24) is 9.96 Å². The Hall–Kier alpha value is -1.37. The number of hydroxylamine groups is 2. The van der Waals surface area contributed by atoms with Crippen LogP contribution in [-0.2, 0) is 14.4 Å². The predicted molar refractivity (Wildman–Crippen MR) is 75.2 cm³/mol. The molecule has 6 nitrogen and oxygen atoms in total. The average Bonchev–Trinajstić information content (AvgIpc) is 2.38. The van der Waals surface area contributed by atoms with E-state index in [-0.39, 0.29) is 6.54 Å². The first-order valence-electron chi connectivity index (χ1n) is 7.00. The number of hydrogen-bond donors (Lipinski definition) is 0. The number of piperidine rings is 1. The van der Waals surface area contributed by atoms with Gasteiger partial charge in [-0.05, 0) is 27.2 Å². The van der Waals surface area contributed by atoms with E-state index >= 15 is 4.39 Å². The molecule has 0 aromatic heterocycles. The largest absolute Gasteiger partial charge is 0.444 e. The van der Waals surface area contributed by atoms with Gasteiger partial charge in [0.2, 0.25) is 5.67 Å². The molecule has 0 aromatic rings. The molecule has 0 radical (unpaired) electrons. The Morgan fingerprint density at radius 3 is 2.43 bits per heavy atom. The second-order valence-corrected chi connectivity index (χ2v) is 6.44. The van der Waals surface area contributed by atoms with Crippen LogP contribution in [0.5, 0.6) is 0 Å². The quantitative estimate of drug-likeness (QED) is 0.732. The van der Waals surface area contributed by atoms with Crippen molar-refractivity contribution in [3.05, 3.63) is 0 Å². The average molecular weight is 304 g/mol. The molecule has 1 aliphatic rings. The summed E-state index contributed by atoms with van der Waals surface area (Å²) >= 11 is 0. The van der Waals surface area contributed by atoms with Crippen LogP contribution in [0.1, 0.15) is 34.1 Å². The van der Waals surface area contributed by atoms with Crippen LogP contribution in [0.4, 0.5) is 9.18 Å². The molecule has 2 unspecified atom stereocenters. The summed E-state index contributed by atoms with van der Waals surface area (Å²) in [7, 11) is 2.64. The lowest BCUT2D eigenvalue weighted by atomic mass is 9.83. The zero-order chi connectivity index (χ0) is 16.4. The van der Waals surface area contributed by atoms with Crippen LogP contribution in [0.3, 0.4) is 0 Å². The highest BCUT2D eigenvalue weighted by Gasteiger charge is 2.51. The minimum atomic E-state index is -2.17. The summed E-state index contributed by atoms with van der Waals surface area (Å²) in [5.74, 6) is -1.29. The lowest BCUT2D eigenvalue weighted by Gasteiger charge is -2.41. The third-order valence-corrected chi connectivity index (χ3v) is 3.60. The fourth-order valence-corrected chi connectivity index (χ4v) is 2.20. The zero-order valence-electron chi connectivity index (χ0n) is 13.6. The number of ether oxygens (including phenoxy) is 1. The monoisotopic (exact) mass is 304 g/mol. The van der Waals surface area contributed by atoms with Gasteiger partial charge in [-0.15, -0.1) is 0 Å². The van der Waals surface area contributed by atoms with Crippen molar-refractivity contribution in [2.75, 3.05) is 27.2 Å². The van der Waals surface area contributed by atoms with Crippen LogP contribution in [0, 0.1) is 5.92 Å². The number of amides is 2. The third-order valence-electron chi connectivity index (χ3n) is 3.60. The minimum Gasteiger partial charge on any atom is -0.444 e. The van der Waals surface area contributed by atoms with Crippen LogP contribution in [-0.4, -0.2) is 60.5 Å². The van der Waals surface area contributed by atoms with E-state index < -0.39 is 29.2 Å². The van der Waals surface area contributed by atoms with Gasteiger partial charge in [-0.2, -0.15) is 0 Å². The first-order chi connectivity index (χ1) is 9.51. The summed E-state index contributed by atoms with van der Waals surface area (Å²) in [5, 5.41) is 0.856. The van der Waals surface area contributed by atoms with Crippen molar-refractivity contribution in [2.24, 2.45) is 5.92 Å². The molecule has 1 aliphatic heterocycles. The molecule has 7 heteroatoms. The van der Waals surface area contributed by atoms with Gasteiger partial charge in [-0.25, -0.2) is 14.2 Å². The molecule has 0 bridgehead atoms. The molecule has 2 atom stereocenters. The maximum absolute atomic E-state index is 15.1. The van der Waals surface area contributed by atoms with Crippen molar-refractivity contribution in [2.45, 2.75) is 45.4 Å². The number of rotatable bonds is 2. The second-order valence-electron chi connectivity index (χ2n) is 6.44. The highest BCUT2D eigenvalue weighted by atomic mass is 19.1. The van der Waals surface area contributed by atoms with E-state index in [1.54, 1.807) is 27.7 Å². The van der Waals surface area contributed by atoms with E-state index in [0.717, 1.165) is 5.06 Å². The molecule has 1 rings (SSSR count). The summed E-state index contributed by atoms with van der Waals surface area (Å²) in [4.78, 5) is 30.2. The Bertz CT molecular complexity index is 410. The van der Waals surface area contributed by atoms with E-state index in [2.05, 4.69) is 0 Å². The highest BCUT2D eigenvalue weighted by Crippen LogP contribution is 2.33. The molecule has 2 amide bonds. The van der Waals surface area contributed by atoms with Crippen molar-refractivity contribution in [1.29, 1.82) is 0 Å². The van der Waals surface area contributed by atoms with Crippen molar-refractivity contribution >= 4 is 12.0 Å². The standard InChI is InChI=1S/C14H25FN2O4/c1-10-7-8-17(12(19)21-13(2,3)4)9-14(10,15)11(18)16(5)20-6/h10H,7-9H2,1-6H3. The van der Waals surface area contributed by atoms with Gasteiger partial charge in [0.1, 0.15) is 5.60 Å². The molecule has 0 aromatic carbocycles. The zero-order valence-corrected chi connectivity index (χ0v) is 13.6. The summed E-state index contributed by atoms with van der Waals surface area (Å²) in [5.41, 5.74) is -2.83. The molecule has 122 valence electrons. The summed E-state index contributed by atoms with van der Waals surface area (Å²) < 4.78 is 20.4. The smallest absolute Gasteiger partial charge is 0.410 e. The highest BCUT2D eigenvalue weighted by molar-refractivity contribution is 5.85. The van der Waals surface area contributed by atoms with Gasteiger partial charge in [0, 0.05) is 19.5 Å². The predicted octanol–water partition coefficient (Wildman–Crippen LogP) is 1.99. The van der Waals surface area contributed by atoms with Crippen LogP contribution in [0.25, 0.3) is 0 Å². The first kappa shape index (κ1) is 17.7. The number of alkyl halides is 1. The fourth-order valence-electron chi connectivity index (χ4n) is 2.20. The molecular weight excluding hydrogens is 279 g/mol. The van der Waals surface area contributed by atoms with Crippen LogP contribution in [0.15, 0.2) is 0 Å². The number of carbonyl (C=O) groups excluding carboxylic acids is 2. The number of likely N-dealkylation sites (tertiary alicyclic amines) is 1.